The van der Waals surface area contributed by atoms with E-state index in [4.69, 9.17) is 9.47 Å². The van der Waals surface area contributed by atoms with Crippen molar-refractivity contribution in [1.82, 2.24) is 4.90 Å². The van der Waals surface area contributed by atoms with E-state index in [2.05, 4.69) is 4.90 Å². The molecule has 0 radical (unpaired) electrons. The number of hydrogen-bond acceptors (Lipinski definition) is 6. The monoisotopic (exact) mass is 333 g/mol. The summed E-state index contributed by atoms with van der Waals surface area (Å²) in [4.78, 5) is 2.20. The summed E-state index contributed by atoms with van der Waals surface area (Å²) in [7, 11) is 3.62. The average Bonchev–Trinajstić information content (AvgIpc) is 2.91. The van der Waals surface area contributed by atoms with Gasteiger partial charge in [0.05, 0.1) is 18.1 Å². The van der Waals surface area contributed by atoms with Crippen LogP contribution in [0, 0.1) is 0 Å². The van der Waals surface area contributed by atoms with Crippen LogP contribution in [0.3, 0.4) is 0 Å². The van der Waals surface area contributed by atoms with E-state index >= 15 is 0 Å². The van der Waals surface area contributed by atoms with Crippen molar-refractivity contribution in [2.45, 2.75) is 54.6 Å². The molecule has 4 aliphatic rings. The maximum atomic E-state index is 11.8. The number of nitrogens with zero attached hydrogens (tertiary/aromatic N) is 1. The lowest BCUT2D eigenvalue weighted by molar-refractivity contribution is -0.299. The number of piperidine rings is 1. The molecule has 130 valence electrons. The molecule has 0 unspecified atom stereocenters. The Morgan fingerprint density at radius 3 is 2.75 bits per heavy atom. The van der Waals surface area contributed by atoms with Crippen molar-refractivity contribution in [1.29, 1.82) is 0 Å². The summed E-state index contributed by atoms with van der Waals surface area (Å²) in [6.45, 7) is 0.791. The Labute approximate surface area is 140 Å². The number of benzene rings is 1. The highest BCUT2D eigenvalue weighted by Crippen LogP contribution is 2.66. The largest absolute Gasteiger partial charge is 0.493 e. The molecule has 3 N–H and O–H groups in total. The van der Waals surface area contributed by atoms with Gasteiger partial charge in [-0.1, -0.05) is 6.07 Å². The fraction of sp³-hybridized carbons (Fsp3) is 0.667. The van der Waals surface area contributed by atoms with Crippen molar-refractivity contribution in [3.05, 3.63) is 23.3 Å². The first-order valence-corrected chi connectivity index (χ1v) is 8.59. The number of methoxy groups -OCH3 is 1. The Morgan fingerprint density at radius 1 is 1.21 bits per heavy atom. The number of likely N-dealkylation sites (N-methyl/N-ethyl adjacent to an activating group) is 1. The summed E-state index contributed by atoms with van der Waals surface area (Å²) in [5.74, 6) is -0.783. The van der Waals surface area contributed by atoms with Gasteiger partial charge in [-0.25, -0.2) is 0 Å². The second-order valence-electron chi connectivity index (χ2n) is 7.85. The number of hydrogen-bond donors (Lipinski definition) is 3. The normalized spacial score (nSPS) is 41.5. The molecule has 1 spiro atoms. The number of ether oxygens (including phenoxy) is 2. The SMILES string of the molecule is COc1ccc2c3c1O[C@@H]1C(O)(O)CC[C@@]4(O)[C@@H](C2)N(C)CC[C@]314. The molecule has 1 saturated heterocycles. The topological polar surface area (TPSA) is 82.4 Å². The van der Waals surface area contributed by atoms with Crippen LogP contribution in [-0.4, -0.2) is 64.5 Å². The molecule has 2 aliphatic heterocycles. The summed E-state index contributed by atoms with van der Waals surface area (Å²) >= 11 is 0. The summed E-state index contributed by atoms with van der Waals surface area (Å²) < 4.78 is 11.6. The Balaban J connectivity index is 1.85. The van der Waals surface area contributed by atoms with Crippen LogP contribution >= 0.6 is 0 Å². The van der Waals surface area contributed by atoms with E-state index in [1.54, 1.807) is 7.11 Å². The lowest BCUT2D eigenvalue weighted by atomic mass is 9.48. The predicted octanol–water partition coefficient (Wildman–Crippen LogP) is 0.160. The minimum atomic E-state index is -1.95. The predicted molar refractivity (Wildman–Crippen MR) is 85.2 cm³/mol. The fourth-order valence-corrected chi connectivity index (χ4v) is 5.89. The molecule has 1 saturated carbocycles. The van der Waals surface area contributed by atoms with Crippen LogP contribution in [0.2, 0.25) is 0 Å². The molecule has 2 bridgehead atoms. The molecule has 2 fully saturated rings. The number of rotatable bonds is 1. The maximum absolute atomic E-state index is 11.8. The van der Waals surface area contributed by atoms with Gasteiger partial charge in [-0.15, -0.1) is 0 Å². The van der Waals surface area contributed by atoms with Gasteiger partial charge in [-0.05, 0) is 44.5 Å². The van der Waals surface area contributed by atoms with Crippen molar-refractivity contribution >= 4 is 0 Å². The van der Waals surface area contributed by atoms with Gasteiger partial charge in [0.25, 0.3) is 0 Å². The van der Waals surface area contributed by atoms with Gasteiger partial charge >= 0.3 is 0 Å². The third-order valence-electron chi connectivity index (χ3n) is 6.98. The number of likely N-dealkylation sites (tertiary alicyclic amines) is 1. The van der Waals surface area contributed by atoms with E-state index in [0.29, 0.717) is 24.3 Å². The minimum Gasteiger partial charge on any atom is -0.493 e. The smallest absolute Gasteiger partial charge is 0.202 e. The van der Waals surface area contributed by atoms with Crippen LogP contribution in [-0.2, 0) is 11.8 Å². The van der Waals surface area contributed by atoms with E-state index in [-0.39, 0.29) is 12.5 Å². The average molecular weight is 333 g/mol. The lowest BCUT2D eigenvalue weighted by Crippen LogP contribution is -2.78. The van der Waals surface area contributed by atoms with E-state index < -0.39 is 22.9 Å². The van der Waals surface area contributed by atoms with E-state index in [9.17, 15) is 15.3 Å². The highest BCUT2D eigenvalue weighted by Gasteiger charge is 2.75. The molecular formula is C18H23NO5. The van der Waals surface area contributed by atoms with E-state index in [0.717, 1.165) is 24.1 Å². The van der Waals surface area contributed by atoms with Crippen LogP contribution in [0.4, 0.5) is 0 Å². The lowest BCUT2D eigenvalue weighted by Gasteiger charge is -2.64. The van der Waals surface area contributed by atoms with Gasteiger partial charge in [-0.2, -0.15) is 0 Å². The first-order valence-electron chi connectivity index (χ1n) is 8.59. The molecule has 24 heavy (non-hydrogen) atoms. The molecule has 0 amide bonds. The van der Waals surface area contributed by atoms with Gasteiger partial charge in [0, 0.05) is 18.0 Å². The zero-order valence-electron chi connectivity index (χ0n) is 14.0. The molecule has 1 aromatic rings. The third kappa shape index (κ3) is 1.39. The van der Waals surface area contributed by atoms with Crippen molar-refractivity contribution < 1.29 is 24.8 Å². The van der Waals surface area contributed by atoms with Crippen molar-refractivity contribution in [3.8, 4) is 11.5 Å². The molecule has 0 aromatic heterocycles. The van der Waals surface area contributed by atoms with Gasteiger partial charge in [0.1, 0.15) is 0 Å². The first-order chi connectivity index (χ1) is 11.3. The van der Waals surface area contributed by atoms with E-state index in [1.807, 2.05) is 19.2 Å². The molecule has 4 atom stereocenters. The Morgan fingerprint density at radius 2 is 2.00 bits per heavy atom. The molecule has 2 heterocycles. The Kier molecular flexibility index (Phi) is 2.65. The van der Waals surface area contributed by atoms with Crippen LogP contribution in [0.1, 0.15) is 30.4 Å². The van der Waals surface area contributed by atoms with Crippen LogP contribution in [0.25, 0.3) is 0 Å². The molecule has 1 aromatic carbocycles. The standard InChI is InChI=1S/C18H23NO5/c1-19-8-7-16-13-10-3-4-11(23-2)14(13)24-15(16)18(21,22)6-5-17(16,20)12(19)9-10/h3-4,12,15,20-22H,5-9H2,1-2H3/t12-,15+,16+,17-/m1/s1. The van der Waals surface area contributed by atoms with Crippen molar-refractivity contribution in [2.24, 2.45) is 0 Å². The Hall–Kier alpha value is -1.34. The fourth-order valence-electron chi connectivity index (χ4n) is 5.89. The Bertz CT molecular complexity index is 734. The molecular weight excluding hydrogens is 310 g/mol. The van der Waals surface area contributed by atoms with Gasteiger partial charge < -0.3 is 29.7 Å². The maximum Gasteiger partial charge on any atom is 0.202 e. The zero-order valence-corrected chi connectivity index (χ0v) is 14.0. The number of aliphatic hydroxyl groups is 3. The van der Waals surface area contributed by atoms with Crippen LogP contribution < -0.4 is 9.47 Å². The van der Waals surface area contributed by atoms with Crippen molar-refractivity contribution in [3.63, 3.8) is 0 Å². The summed E-state index contributed by atoms with van der Waals surface area (Å²) in [5, 5.41) is 33.1. The van der Waals surface area contributed by atoms with Gasteiger partial charge in [0.2, 0.25) is 5.79 Å². The molecule has 2 aliphatic carbocycles. The quantitative estimate of drug-likeness (QED) is 0.635. The summed E-state index contributed by atoms with van der Waals surface area (Å²) in [6, 6.07) is 3.86. The third-order valence-corrected chi connectivity index (χ3v) is 6.98. The van der Waals surface area contributed by atoms with Crippen LogP contribution in [0.15, 0.2) is 12.1 Å². The zero-order chi connectivity index (χ0) is 16.9. The highest BCUT2D eigenvalue weighted by atomic mass is 16.6. The molecule has 6 nitrogen and oxygen atoms in total. The molecule has 5 rings (SSSR count). The minimum absolute atomic E-state index is 0.0414. The van der Waals surface area contributed by atoms with Gasteiger partial charge in [-0.3, -0.25) is 0 Å². The molecule has 6 heteroatoms. The summed E-state index contributed by atoms with van der Waals surface area (Å²) in [5.41, 5.74) is 0.242. The summed E-state index contributed by atoms with van der Waals surface area (Å²) in [6.07, 6.45) is 0.958. The first kappa shape index (κ1) is 15.0. The van der Waals surface area contributed by atoms with Crippen molar-refractivity contribution in [2.75, 3.05) is 20.7 Å². The second kappa shape index (κ2) is 4.25. The van der Waals surface area contributed by atoms with E-state index in [1.165, 1.54) is 0 Å². The van der Waals surface area contributed by atoms with Gasteiger partial charge in [0.15, 0.2) is 17.6 Å². The van der Waals surface area contributed by atoms with Crippen LogP contribution in [0.5, 0.6) is 11.5 Å². The highest BCUT2D eigenvalue weighted by molar-refractivity contribution is 5.63. The second-order valence-corrected chi connectivity index (χ2v) is 7.85.